The summed E-state index contributed by atoms with van der Waals surface area (Å²) in [6.07, 6.45) is 7.94. The summed E-state index contributed by atoms with van der Waals surface area (Å²) < 4.78 is 0. The Hall–Kier alpha value is -0.0800. The first kappa shape index (κ1) is 16.0. The van der Waals surface area contributed by atoms with Gasteiger partial charge in [-0.3, -0.25) is 0 Å². The molecule has 2 nitrogen and oxygen atoms in total. The van der Waals surface area contributed by atoms with Crippen molar-refractivity contribution in [2.45, 2.75) is 78.3 Å². The van der Waals surface area contributed by atoms with Gasteiger partial charge < -0.3 is 10.6 Å². The van der Waals surface area contributed by atoms with Crippen LogP contribution in [-0.2, 0) is 0 Å². The largest absolute Gasteiger partial charge is 0.327 e. The van der Waals surface area contributed by atoms with Gasteiger partial charge >= 0.3 is 0 Å². The Balaban J connectivity index is 2.51. The lowest BCUT2D eigenvalue weighted by atomic mass is 9.76. The van der Waals surface area contributed by atoms with Crippen molar-refractivity contribution in [3.05, 3.63) is 0 Å². The van der Waals surface area contributed by atoms with Crippen LogP contribution in [0.4, 0.5) is 0 Å². The zero-order valence-corrected chi connectivity index (χ0v) is 13.0. The van der Waals surface area contributed by atoms with E-state index >= 15 is 0 Å². The number of hydrogen-bond donors (Lipinski definition) is 1. The van der Waals surface area contributed by atoms with E-state index in [-0.39, 0.29) is 0 Å². The van der Waals surface area contributed by atoms with Crippen molar-refractivity contribution in [3.63, 3.8) is 0 Å². The van der Waals surface area contributed by atoms with Gasteiger partial charge in [0.25, 0.3) is 0 Å². The molecule has 0 radical (unpaired) electrons. The van der Waals surface area contributed by atoms with E-state index in [1.54, 1.807) is 0 Å². The SMILES string of the molecule is CCCC1CCC(N)C(CN(CC)C(C)CC)C1. The molecule has 4 atom stereocenters. The molecular weight excluding hydrogens is 220 g/mol. The molecule has 2 N–H and O–H groups in total. The van der Waals surface area contributed by atoms with Crippen LogP contribution in [0, 0.1) is 11.8 Å². The third-order valence-electron chi connectivity index (χ3n) is 4.94. The molecule has 2 heteroatoms. The van der Waals surface area contributed by atoms with E-state index in [2.05, 4.69) is 32.6 Å². The second-order valence-electron chi connectivity index (χ2n) is 6.24. The lowest BCUT2D eigenvalue weighted by Gasteiger charge is -2.39. The molecule has 1 saturated carbocycles. The molecule has 0 amide bonds. The molecule has 0 aliphatic heterocycles. The van der Waals surface area contributed by atoms with Gasteiger partial charge in [0.2, 0.25) is 0 Å². The number of hydrogen-bond acceptors (Lipinski definition) is 2. The Labute approximate surface area is 114 Å². The van der Waals surface area contributed by atoms with Crippen LogP contribution in [0.3, 0.4) is 0 Å². The Morgan fingerprint density at radius 3 is 2.50 bits per heavy atom. The van der Waals surface area contributed by atoms with Crippen LogP contribution in [-0.4, -0.2) is 30.1 Å². The fraction of sp³-hybridized carbons (Fsp3) is 1.00. The van der Waals surface area contributed by atoms with Crippen LogP contribution in [0.1, 0.15) is 66.2 Å². The molecule has 4 unspecified atom stereocenters. The first-order valence-corrected chi connectivity index (χ1v) is 8.11. The van der Waals surface area contributed by atoms with Gasteiger partial charge in [-0.2, -0.15) is 0 Å². The summed E-state index contributed by atoms with van der Waals surface area (Å²) in [6.45, 7) is 11.6. The van der Waals surface area contributed by atoms with Gasteiger partial charge in [0.1, 0.15) is 0 Å². The van der Waals surface area contributed by atoms with Gasteiger partial charge in [-0.15, -0.1) is 0 Å². The second-order valence-corrected chi connectivity index (χ2v) is 6.24. The monoisotopic (exact) mass is 254 g/mol. The van der Waals surface area contributed by atoms with Crippen molar-refractivity contribution in [1.29, 1.82) is 0 Å². The molecule has 0 aromatic rings. The molecule has 1 fully saturated rings. The van der Waals surface area contributed by atoms with Gasteiger partial charge in [-0.25, -0.2) is 0 Å². The van der Waals surface area contributed by atoms with E-state index in [9.17, 15) is 0 Å². The zero-order chi connectivity index (χ0) is 13.5. The van der Waals surface area contributed by atoms with Crippen LogP contribution in [0.25, 0.3) is 0 Å². The van der Waals surface area contributed by atoms with Crippen molar-refractivity contribution in [2.24, 2.45) is 17.6 Å². The Morgan fingerprint density at radius 2 is 1.94 bits per heavy atom. The third-order valence-corrected chi connectivity index (χ3v) is 4.94. The van der Waals surface area contributed by atoms with E-state index in [1.807, 2.05) is 0 Å². The average Bonchev–Trinajstić information content (AvgIpc) is 2.38. The number of rotatable bonds is 7. The molecular formula is C16H34N2. The van der Waals surface area contributed by atoms with Gasteiger partial charge in [-0.05, 0) is 51.0 Å². The fourth-order valence-electron chi connectivity index (χ4n) is 3.45. The molecule has 108 valence electrons. The van der Waals surface area contributed by atoms with Crippen molar-refractivity contribution in [2.75, 3.05) is 13.1 Å². The maximum absolute atomic E-state index is 6.36. The maximum Gasteiger partial charge on any atom is 0.00795 e. The quantitative estimate of drug-likeness (QED) is 0.751. The molecule has 0 heterocycles. The normalized spacial score (nSPS) is 30.7. The molecule has 0 aromatic heterocycles. The van der Waals surface area contributed by atoms with Crippen LogP contribution < -0.4 is 5.73 Å². The Kier molecular flexibility index (Phi) is 7.25. The summed E-state index contributed by atoms with van der Waals surface area (Å²) in [5.74, 6) is 1.67. The molecule has 18 heavy (non-hydrogen) atoms. The van der Waals surface area contributed by atoms with Crippen LogP contribution in [0.15, 0.2) is 0 Å². The van der Waals surface area contributed by atoms with Crippen LogP contribution in [0.5, 0.6) is 0 Å². The summed E-state index contributed by atoms with van der Waals surface area (Å²) in [6, 6.07) is 1.14. The smallest absolute Gasteiger partial charge is 0.00795 e. The summed E-state index contributed by atoms with van der Waals surface area (Å²) >= 11 is 0. The topological polar surface area (TPSA) is 29.3 Å². The molecule has 1 aliphatic rings. The molecule has 0 aromatic carbocycles. The first-order valence-electron chi connectivity index (χ1n) is 8.11. The first-order chi connectivity index (χ1) is 8.62. The number of nitrogens with two attached hydrogens (primary N) is 1. The molecule has 0 bridgehead atoms. The Bertz CT molecular complexity index is 217. The maximum atomic E-state index is 6.36. The van der Waals surface area contributed by atoms with Crippen LogP contribution in [0.2, 0.25) is 0 Å². The van der Waals surface area contributed by atoms with Crippen molar-refractivity contribution < 1.29 is 0 Å². The van der Waals surface area contributed by atoms with Crippen LogP contribution >= 0.6 is 0 Å². The lowest BCUT2D eigenvalue weighted by molar-refractivity contribution is 0.127. The van der Waals surface area contributed by atoms with Gasteiger partial charge in [-0.1, -0.05) is 33.6 Å². The fourth-order valence-corrected chi connectivity index (χ4v) is 3.45. The van der Waals surface area contributed by atoms with E-state index in [0.29, 0.717) is 12.1 Å². The Morgan fingerprint density at radius 1 is 1.22 bits per heavy atom. The molecule has 0 spiro atoms. The van der Waals surface area contributed by atoms with Gasteiger partial charge in [0.05, 0.1) is 0 Å². The zero-order valence-electron chi connectivity index (χ0n) is 13.0. The predicted octanol–water partition coefficient (Wildman–Crippen LogP) is 3.65. The highest BCUT2D eigenvalue weighted by atomic mass is 15.1. The summed E-state index contributed by atoms with van der Waals surface area (Å²) in [7, 11) is 0. The van der Waals surface area contributed by atoms with Crippen molar-refractivity contribution >= 4 is 0 Å². The van der Waals surface area contributed by atoms with Crippen molar-refractivity contribution in [3.8, 4) is 0 Å². The van der Waals surface area contributed by atoms with Gasteiger partial charge in [0.15, 0.2) is 0 Å². The van der Waals surface area contributed by atoms with E-state index in [1.165, 1.54) is 45.1 Å². The molecule has 0 saturated heterocycles. The lowest BCUT2D eigenvalue weighted by Crippen LogP contribution is -2.45. The summed E-state index contributed by atoms with van der Waals surface area (Å²) in [5, 5.41) is 0. The minimum Gasteiger partial charge on any atom is -0.327 e. The molecule has 1 rings (SSSR count). The average molecular weight is 254 g/mol. The van der Waals surface area contributed by atoms with E-state index < -0.39 is 0 Å². The van der Waals surface area contributed by atoms with E-state index in [4.69, 9.17) is 5.73 Å². The third kappa shape index (κ3) is 4.55. The van der Waals surface area contributed by atoms with Crippen molar-refractivity contribution in [1.82, 2.24) is 4.90 Å². The second kappa shape index (κ2) is 8.16. The standard InChI is InChI=1S/C16H34N2/c1-5-8-14-9-10-16(17)15(11-14)12-18(7-3)13(4)6-2/h13-16H,5-12,17H2,1-4H3. The highest BCUT2D eigenvalue weighted by Gasteiger charge is 2.29. The van der Waals surface area contributed by atoms with Gasteiger partial charge in [0, 0.05) is 18.6 Å². The minimum atomic E-state index is 0.441. The highest BCUT2D eigenvalue weighted by molar-refractivity contribution is 4.85. The summed E-state index contributed by atoms with van der Waals surface area (Å²) in [5.41, 5.74) is 6.36. The molecule has 1 aliphatic carbocycles. The minimum absolute atomic E-state index is 0.441. The predicted molar refractivity (Wildman–Crippen MR) is 80.7 cm³/mol. The number of nitrogens with zero attached hydrogens (tertiary/aromatic N) is 1. The van der Waals surface area contributed by atoms with E-state index in [0.717, 1.165) is 18.4 Å². The highest BCUT2D eigenvalue weighted by Crippen LogP contribution is 2.32. The summed E-state index contributed by atoms with van der Waals surface area (Å²) in [4.78, 5) is 2.62.